The lowest BCUT2D eigenvalue weighted by molar-refractivity contribution is -0.122. The molecule has 0 bridgehead atoms. The van der Waals surface area contributed by atoms with Crippen molar-refractivity contribution in [1.29, 1.82) is 0 Å². The molecule has 0 radical (unpaired) electrons. The van der Waals surface area contributed by atoms with Gasteiger partial charge in [-0.05, 0) is 30.9 Å². The second kappa shape index (κ2) is 8.84. The number of aryl methyl sites for hydroxylation is 1. The van der Waals surface area contributed by atoms with Gasteiger partial charge in [-0.2, -0.15) is 0 Å². The lowest BCUT2D eigenvalue weighted by Gasteiger charge is -2.22. The van der Waals surface area contributed by atoms with Gasteiger partial charge < -0.3 is 5.73 Å². The van der Waals surface area contributed by atoms with Crippen molar-refractivity contribution >= 4 is 11.9 Å². The molecule has 0 unspecified atom stereocenters. The number of carbonyl (C=O) groups is 2. The van der Waals surface area contributed by atoms with Crippen LogP contribution in [0.4, 0.5) is 4.79 Å². The van der Waals surface area contributed by atoms with Gasteiger partial charge in [-0.3, -0.25) is 15.4 Å². The van der Waals surface area contributed by atoms with Crippen LogP contribution in [0, 0.1) is 0 Å². The van der Waals surface area contributed by atoms with E-state index in [1.165, 1.54) is 5.56 Å². The smallest absolute Gasteiger partial charge is 0.318 e. The van der Waals surface area contributed by atoms with E-state index in [1.807, 2.05) is 55.5 Å². The first kappa shape index (κ1) is 17.7. The molecule has 0 heterocycles. The van der Waals surface area contributed by atoms with Crippen LogP contribution in [0.5, 0.6) is 0 Å². The number of hydrogen-bond acceptors (Lipinski definition) is 3. The Labute approximate surface area is 142 Å². The molecular formula is C19H23N3O2. The summed E-state index contributed by atoms with van der Waals surface area (Å²) < 4.78 is 0. The number of carbonyl (C=O) groups excluding carboxylic acids is 2. The standard InChI is InChI=1S/C19H23N3O2/c1-14(12-13-15-8-4-2-5-9-15)21-17(18(23)22-19(20)24)16-10-6-3-7-11-16/h2-11,14,17,21H,12-13H2,1H3,(H3,20,22,23,24)/t14-,17+/m1/s1. The summed E-state index contributed by atoms with van der Waals surface area (Å²) >= 11 is 0. The summed E-state index contributed by atoms with van der Waals surface area (Å²) in [6, 6.07) is 18.1. The Balaban J connectivity index is 2.01. The van der Waals surface area contributed by atoms with Gasteiger partial charge in [-0.15, -0.1) is 0 Å². The molecule has 126 valence electrons. The number of rotatable bonds is 7. The van der Waals surface area contributed by atoms with Crippen LogP contribution in [0.15, 0.2) is 60.7 Å². The van der Waals surface area contributed by atoms with Crippen molar-refractivity contribution in [2.75, 3.05) is 0 Å². The summed E-state index contributed by atoms with van der Waals surface area (Å²) in [6.45, 7) is 2.02. The predicted molar refractivity (Wildman–Crippen MR) is 94.3 cm³/mol. The summed E-state index contributed by atoms with van der Waals surface area (Å²) in [5, 5.41) is 5.45. The molecular weight excluding hydrogens is 302 g/mol. The highest BCUT2D eigenvalue weighted by Gasteiger charge is 2.23. The first-order chi connectivity index (χ1) is 11.6. The first-order valence-corrected chi connectivity index (χ1v) is 8.01. The zero-order chi connectivity index (χ0) is 17.4. The van der Waals surface area contributed by atoms with Crippen LogP contribution in [0.25, 0.3) is 0 Å². The van der Waals surface area contributed by atoms with Gasteiger partial charge in [0.15, 0.2) is 0 Å². The van der Waals surface area contributed by atoms with Crippen LogP contribution in [0.3, 0.4) is 0 Å². The van der Waals surface area contributed by atoms with Crippen molar-refractivity contribution in [3.63, 3.8) is 0 Å². The molecule has 0 aliphatic rings. The number of nitrogens with two attached hydrogens (primary N) is 1. The Morgan fingerprint density at radius 2 is 1.58 bits per heavy atom. The maximum Gasteiger partial charge on any atom is 0.318 e. The van der Waals surface area contributed by atoms with E-state index in [0.717, 1.165) is 18.4 Å². The predicted octanol–water partition coefficient (Wildman–Crippen LogP) is 2.53. The Morgan fingerprint density at radius 3 is 2.17 bits per heavy atom. The van der Waals surface area contributed by atoms with Crippen molar-refractivity contribution in [2.45, 2.75) is 31.8 Å². The molecule has 2 atom stereocenters. The summed E-state index contributed by atoms with van der Waals surface area (Å²) in [5.74, 6) is -0.444. The molecule has 0 saturated carbocycles. The Morgan fingerprint density at radius 1 is 1.00 bits per heavy atom. The van der Waals surface area contributed by atoms with Crippen molar-refractivity contribution < 1.29 is 9.59 Å². The number of urea groups is 1. The summed E-state index contributed by atoms with van der Waals surface area (Å²) in [7, 11) is 0. The van der Waals surface area contributed by atoms with Crippen LogP contribution in [0.1, 0.15) is 30.5 Å². The van der Waals surface area contributed by atoms with Gasteiger partial charge in [-0.1, -0.05) is 60.7 Å². The molecule has 0 aliphatic carbocycles. The number of imide groups is 1. The van der Waals surface area contributed by atoms with E-state index in [0.29, 0.717) is 0 Å². The molecule has 5 heteroatoms. The van der Waals surface area contributed by atoms with Crippen molar-refractivity contribution in [3.05, 3.63) is 71.8 Å². The van der Waals surface area contributed by atoms with Crippen LogP contribution in [0.2, 0.25) is 0 Å². The van der Waals surface area contributed by atoms with Gasteiger partial charge in [0.05, 0.1) is 0 Å². The SMILES string of the molecule is C[C@H](CCc1ccccc1)N[C@H](C(=O)NC(N)=O)c1ccccc1. The second-order valence-corrected chi connectivity index (χ2v) is 5.79. The van der Waals surface area contributed by atoms with E-state index < -0.39 is 18.0 Å². The van der Waals surface area contributed by atoms with Gasteiger partial charge >= 0.3 is 6.03 Å². The Bertz CT molecular complexity index is 659. The van der Waals surface area contributed by atoms with E-state index in [4.69, 9.17) is 5.73 Å². The lowest BCUT2D eigenvalue weighted by atomic mass is 10.0. The number of primary amides is 1. The maximum atomic E-state index is 12.3. The van der Waals surface area contributed by atoms with Crippen LogP contribution in [-0.4, -0.2) is 18.0 Å². The molecule has 0 fully saturated rings. The normalized spacial score (nSPS) is 13.0. The molecule has 0 aromatic heterocycles. The van der Waals surface area contributed by atoms with Crippen molar-refractivity contribution in [3.8, 4) is 0 Å². The molecule has 0 spiro atoms. The van der Waals surface area contributed by atoms with Gasteiger partial charge in [-0.25, -0.2) is 4.79 Å². The third-order valence-electron chi connectivity index (χ3n) is 3.80. The van der Waals surface area contributed by atoms with E-state index in [1.54, 1.807) is 0 Å². The zero-order valence-corrected chi connectivity index (χ0v) is 13.7. The molecule has 0 saturated heterocycles. The fourth-order valence-corrected chi connectivity index (χ4v) is 2.56. The molecule has 2 aromatic rings. The highest BCUT2D eigenvalue weighted by molar-refractivity contribution is 5.96. The van der Waals surface area contributed by atoms with Crippen LogP contribution >= 0.6 is 0 Å². The van der Waals surface area contributed by atoms with Crippen molar-refractivity contribution in [1.82, 2.24) is 10.6 Å². The highest BCUT2D eigenvalue weighted by atomic mass is 16.2. The number of benzene rings is 2. The van der Waals surface area contributed by atoms with E-state index in [2.05, 4.69) is 22.8 Å². The Hall–Kier alpha value is -2.66. The lowest BCUT2D eigenvalue weighted by Crippen LogP contribution is -2.45. The maximum absolute atomic E-state index is 12.3. The topological polar surface area (TPSA) is 84.2 Å². The first-order valence-electron chi connectivity index (χ1n) is 8.01. The molecule has 2 rings (SSSR count). The molecule has 3 amide bonds. The molecule has 24 heavy (non-hydrogen) atoms. The van der Waals surface area contributed by atoms with E-state index in [9.17, 15) is 9.59 Å². The fraction of sp³-hybridized carbons (Fsp3) is 0.263. The zero-order valence-electron chi connectivity index (χ0n) is 13.7. The third-order valence-corrected chi connectivity index (χ3v) is 3.80. The van der Waals surface area contributed by atoms with Gasteiger partial charge in [0.1, 0.15) is 6.04 Å². The highest BCUT2D eigenvalue weighted by Crippen LogP contribution is 2.15. The second-order valence-electron chi connectivity index (χ2n) is 5.79. The van der Waals surface area contributed by atoms with Gasteiger partial charge in [0.2, 0.25) is 5.91 Å². The number of nitrogens with one attached hydrogen (secondary N) is 2. The largest absolute Gasteiger partial charge is 0.351 e. The number of hydrogen-bond donors (Lipinski definition) is 3. The minimum atomic E-state index is -0.848. The average Bonchev–Trinajstić information content (AvgIpc) is 2.59. The van der Waals surface area contributed by atoms with E-state index >= 15 is 0 Å². The average molecular weight is 325 g/mol. The number of amides is 3. The monoisotopic (exact) mass is 325 g/mol. The Kier molecular flexibility index (Phi) is 6.51. The minimum Gasteiger partial charge on any atom is -0.351 e. The van der Waals surface area contributed by atoms with Crippen molar-refractivity contribution in [2.24, 2.45) is 5.73 Å². The summed E-state index contributed by atoms with van der Waals surface area (Å²) in [4.78, 5) is 23.3. The van der Waals surface area contributed by atoms with Crippen LogP contribution in [-0.2, 0) is 11.2 Å². The quantitative estimate of drug-likeness (QED) is 0.731. The van der Waals surface area contributed by atoms with Gasteiger partial charge in [0, 0.05) is 6.04 Å². The fourth-order valence-electron chi connectivity index (χ4n) is 2.56. The molecule has 5 nitrogen and oxygen atoms in total. The van der Waals surface area contributed by atoms with E-state index in [-0.39, 0.29) is 6.04 Å². The summed E-state index contributed by atoms with van der Waals surface area (Å²) in [6.07, 6.45) is 1.78. The molecule has 2 aromatic carbocycles. The minimum absolute atomic E-state index is 0.0917. The van der Waals surface area contributed by atoms with Crippen LogP contribution < -0.4 is 16.4 Å². The van der Waals surface area contributed by atoms with Gasteiger partial charge in [0.25, 0.3) is 0 Å². The molecule has 4 N–H and O–H groups in total. The third kappa shape index (κ3) is 5.52. The molecule has 0 aliphatic heterocycles. The summed E-state index contributed by atoms with van der Waals surface area (Å²) in [5.41, 5.74) is 7.12.